The Hall–Kier alpha value is -2.53. The van der Waals surface area contributed by atoms with Crippen LogP contribution in [0.1, 0.15) is 29.8 Å². The Morgan fingerprint density at radius 2 is 2.04 bits per heavy atom. The van der Waals surface area contributed by atoms with E-state index in [1.165, 1.54) is 7.05 Å². The van der Waals surface area contributed by atoms with E-state index in [-0.39, 0.29) is 17.8 Å². The predicted molar refractivity (Wildman–Crippen MR) is 75.6 cm³/mol. The maximum absolute atomic E-state index is 13.6. The van der Waals surface area contributed by atoms with Crippen LogP contribution in [0.5, 0.6) is 0 Å². The predicted octanol–water partition coefficient (Wildman–Crippen LogP) is 0.622. The van der Waals surface area contributed by atoms with Crippen LogP contribution in [-0.2, 0) is 7.05 Å². The number of hydrogen-bond acceptors (Lipinski definition) is 5. The van der Waals surface area contributed by atoms with Gasteiger partial charge in [0.25, 0.3) is 5.91 Å². The molecule has 3 rings (SSSR count). The van der Waals surface area contributed by atoms with Crippen molar-refractivity contribution in [3.8, 4) is 0 Å². The quantitative estimate of drug-likeness (QED) is 0.791. The first-order chi connectivity index (χ1) is 11.7. The lowest BCUT2D eigenvalue weighted by Gasteiger charge is -2.32. The Bertz CT molecular complexity index is 860. The van der Waals surface area contributed by atoms with Crippen LogP contribution in [0.25, 0.3) is 5.65 Å². The molecule has 1 amide bonds. The number of carbonyl (C=O) groups is 1. The number of alkyl halides is 4. The number of carbonyl (C=O) groups excluding carboxylic acids is 1. The summed E-state index contributed by atoms with van der Waals surface area (Å²) >= 11 is 0. The molecule has 1 aliphatic rings. The SMILES string of the molecule is Cn1nnc2c(C(=O)NC3CC(F)CC(C(F)(F)F)C3)ncn2c1=O. The van der Waals surface area contributed by atoms with Crippen LogP contribution < -0.4 is 11.0 Å². The second-order valence-corrected chi connectivity index (χ2v) is 6.00. The lowest BCUT2D eigenvalue weighted by Crippen LogP contribution is -2.45. The standard InChI is InChI=1S/C13H14F4N6O2/c1-22-12(25)23-5-18-9(10(23)20-21-22)11(24)19-8-3-6(13(15,16)17)2-7(14)4-8/h5-8H,2-4H2,1H3,(H,19,24). The fourth-order valence-electron chi connectivity index (χ4n) is 2.93. The Balaban J connectivity index is 1.80. The number of fused-ring (bicyclic) bond motifs is 1. The molecule has 1 N–H and O–H groups in total. The van der Waals surface area contributed by atoms with E-state index in [1.807, 2.05) is 0 Å². The van der Waals surface area contributed by atoms with Gasteiger partial charge in [0.1, 0.15) is 12.5 Å². The molecule has 0 aromatic carbocycles. The summed E-state index contributed by atoms with van der Waals surface area (Å²) in [4.78, 5) is 27.9. The molecule has 1 aliphatic carbocycles. The van der Waals surface area contributed by atoms with E-state index in [0.717, 1.165) is 15.4 Å². The minimum absolute atomic E-state index is 0.124. The summed E-state index contributed by atoms with van der Waals surface area (Å²) in [5.41, 5.74) is -0.967. The van der Waals surface area contributed by atoms with E-state index in [1.54, 1.807) is 0 Å². The summed E-state index contributed by atoms with van der Waals surface area (Å²) in [5.74, 6) is -2.64. The highest BCUT2D eigenvalue weighted by Gasteiger charge is 2.45. The monoisotopic (exact) mass is 362 g/mol. The number of rotatable bonds is 2. The number of aromatic nitrogens is 5. The summed E-state index contributed by atoms with van der Waals surface area (Å²) < 4.78 is 54.1. The lowest BCUT2D eigenvalue weighted by atomic mass is 9.84. The second-order valence-electron chi connectivity index (χ2n) is 6.00. The molecule has 8 nitrogen and oxygen atoms in total. The number of hydrogen-bond donors (Lipinski definition) is 1. The Morgan fingerprint density at radius 1 is 1.32 bits per heavy atom. The molecule has 2 aromatic heterocycles. The van der Waals surface area contributed by atoms with Gasteiger partial charge in [-0.2, -0.15) is 17.9 Å². The van der Waals surface area contributed by atoms with Crippen molar-refractivity contribution in [2.75, 3.05) is 0 Å². The second kappa shape index (κ2) is 6.08. The zero-order chi connectivity index (χ0) is 18.4. The van der Waals surface area contributed by atoms with Gasteiger partial charge in [0.05, 0.1) is 5.92 Å². The van der Waals surface area contributed by atoms with Gasteiger partial charge in [-0.05, 0) is 19.3 Å². The average Bonchev–Trinajstić information content (AvgIpc) is 2.94. The molecule has 25 heavy (non-hydrogen) atoms. The maximum Gasteiger partial charge on any atom is 0.392 e. The highest BCUT2D eigenvalue weighted by atomic mass is 19.4. The number of halogens is 4. The summed E-state index contributed by atoms with van der Waals surface area (Å²) in [6.07, 6.45) is -6.33. The van der Waals surface area contributed by atoms with Gasteiger partial charge >= 0.3 is 11.9 Å². The molecule has 1 saturated carbocycles. The fraction of sp³-hybridized carbons (Fsp3) is 0.615. The molecule has 0 aliphatic heterocycles. The van der Waals surface area contributed by atoms with E-state index in [9.17, 15) is 27.2 Å². The molecule has 12 heteroatoms. The summed E-state index contributed by atoms with van der Waals surface area (Å²) in [6, 6.07) is -0.987. The van der Waals surface area contributed by atoms with Crippen LogP contribution >= 0.6 is 0 Å². The van der Waals surface area contributed by atoms with Crippen LogP contribution in [0.4, 0.5) is 17.6 Å². The normalized spacial score (nSPS) is 24.4. The van der Waals surface area contributed by atoms with Crippen LogP contribution in [-0.4, -0.2) is 48.7 Å². The highest BCUT2D eigenvalue weighted by molar-refractivity contribution is 5.97. The van der Waals surface area contributed by atoms with E-state index in [4.69, 9.17) is 0 Å². The van der Waals surface area contributed by atoms with Crippen molar-refractivity contribution in [1.29, 1.82) is 0 Å². The van der Waals surface area contributed by atoms with Crippen molar-refractivity contribution in [3.05, 3.63) is 22.5 Å². The molecule has 0 bridgehead atoms. The van der Waals surface area contributed by atoms with E-state index < -0.39 is 48.7 Å². The number of aryl methyl sites for hydroxylation is 1. The van der Waals surface area contributed by atoms with E-state index >= 15 is 0 Å². The molecule has 3 unspecified atom stereocenters. The van der Waals surface area contributed by atoms with Gasteiger partial charge in [0.15, 0.2) is 11.3 Å². The zero-order valence-electron chi connectivity index (χ0n) is 13.0. The van der Waals surface area contributed by atoms with Crippen LogP contribution in [0, 0.1) is 5.92 Å². The van der Waals surface area contributed by atoms with Crippen molar-refractivity contribution in [2.45, 2.75) is 37.7 Å². The van der Waals surface area contributed by atoms with Gasteiger partial charge in [0.2, 0.25) is 0 Å². The maximum atomic E-state index is 13.6. The summed E-state index contributed by atoms with van der Waals surface area (Å²) in [5, 5.41) is 9.56. The molecule has 1 fully saturated rings. The van der Waals surface area contributed by atoms with Crippen molar-refractivity contribution in [2.24, 2.45) is 13.0 Å². The molecule has 136 valence electrons. The molecule has 3 atom stereocenters. The number of nitrogens with one attached hydrogen (secondary N) is 1. The van der Waals surface area contributed by atoms with Crippen LogP contribution in [0.3, 0.4) is 0 Å². The van der Waals surface area contributed by atoms with Crippen LogP contribution in [0.15, 0.2) is 11.1 Å². The largest absolute Gasteiger partial charge is 0.392 e. The number of imidazole rings is 1. The van der Waals surface area contributed by atoms with Gasteiger partial charge < -0.3 is 5.32 Å². The first-order valence-electron chi connectivity index (χ1n) is 7.45. The lowest BCUT2D eigenvalue weighted by molar-refractivity contribution is -0.188. The third-order valence-electron chi connectivity index (χ3n) is 4.16. The molecular weight excluding hydrogens is 348 g/mol. The molecular formula is C13H14F4N6O2. The molecule has 2 aromatic rings. The minimum Gasteiger partial charge on any atom is -0.348 e. The Labute approximate surface area is 137 Å². The number of amides is 1. The summed E-state index contributed by atoms with van der Waals surface area (Å²) in [6.45, 7) is 0. The van der Waals surface area contributed by atoms with Gasteiger partial charge in [-0.3, -0.25) is 4.79 Å². The minimum atomic E-state index is -4.52. The van der Waals surface area contributed by atoms with Gasteiger partial charge in [-0.25, -0.2) is 18.6 Å². The summed E-state index contributed by atoms with van der Waals surface area (Å²) in [7, 11) is 1.36. The molecule has 0 radical (unpaired) electrons. The van der Waals surface area contributed by atoms with Gasteiger partial charge in [-0.1, -0.05) is 5.21 Å². The van der Waals surface area contributed by atoms with Crippen molar-refractivity contribution < 1.29 is 22.4 Å². The Morgan fingerprint density at radius 3 is 2.72 bits per heavy atom. The average molecular weight is 362 g/mol. The first-order valence-corrected chi connectivity index (χ1v) is 7.45. The van der Waals surface area contributed by atoms with E-state index in [0.29, 0.717) is 0 Å². The number of nitrogens with zero attached hydrogens (tertiary/aromatic N) is 5. The van der Waals surface area contributed by atoms with Crippen molar-refractivity contribution in [3.63, 3.8) is 0 Å². The smallest absolute Gasteiger partial charge is 0.348 e. The van der Waals surface area contributed by atoms with E-state index in [2.05, 4.69) is 20.6 Å². The third-order valence-corrected chi connectivity index (χ3v) is 4.16. The van der Waals surface area contributed by atoms with Crippen molar-refractivity contribution >= 4 is 11.6 Å². The molecule has 0 spiro atoms. The first kappa shape index (κ1) is 17.3. The highest BCUT2D eigenvalue weighted by Crippen LogP contribution is 2.38. The fourth-order valence-corrected chi connectivity index (χ4v) is 2.93. The zero-order valence-corrected chi connectivity index (χ0v) is 13.0. The molecule has 0 saturated heterocycles. The Kier molecular flexibility index (Phi) is 4.21. The van der Waals surface area contributed by atoms with Crippen molar-refractivity contribution in [1.82, 2.24) is 29.7 Å². The third kappa shape index (κ3) is 3.33. The molecule has 2 heterocycles. The van der Waals surface area contributed by atoms with Gasteiger partial charge in [-0.15, -0.1) is 5.10 Å². The van der Waals surface area contributed by atoms with Gasteiger partial charge in [0, 0.05) is 13.1 Å². The van der Waals surface area contributed by atoms with Crippen LogP contribution in [0.2, 0.25) is 0 Å². The topological polar surface area (TPSA) is 94.2 Å².